The van der Waals surface area contributed by atoms with Crippen molar-refractivity contribution in [2.75, 3.05) is 0 Å². The molecule has 0 fully saturated rings. The Morgan fingerprint density at radius 1 is 0.417 bits per heavy atom. The zero-order chi connectivity index (χ0) is 31.6. The van der Waals surface area contributed by atoms with Gasteiger partial charge in [0.25, 0.3) is 0 Å². The zero-order valence-electron chi connectivity index (χ0n) is 25.5. The summed E-state index contributed by atoms with van der Waals surface area (Å²) in [4.78, 5) is 20.2. The van der Waals surface area contributed by atoms with Gasteiger partial charge in [0, 0.05) is 39.1 Å². The summed E-state index contributed by atoms with van der Waals surface area (Å²) in [5.74, 6) is 1.88. The van der Waals surface area contributed by atoms with E-state index in [0.717, 1.165) is 70.2 Å². The highest BCUT2D eigenvalue weighted by Crippen LogP contribution is 2.39. The van der Waals surface area contributed by atoms with Crippen molar-refractivity contribution in [2.24, 2.45) is 0 Å². The Morgan fingerprint density at radius 2 is 1.06 bits per heavy atom. The molecule has 0 atom stereocenters. The van der Waals surface area contributed by atoms with Crippen molar-refractivity contribution in [2.45, 2.75) is 0 Å². The average molecular weight is 633 g/mol. The molecule has 0 spiro atoms. The zero-order valence-corrected chi connectivity index (χ0v) is 26.3. The first-order chi connectivity index (χ1) is 23.7. The summed E-state index contributed by atoms with van der Waals surface area (Å²) < 4.78 is 7.47. The van der Waals surface area contributed by atoms with Gasteiger partial charge in [-0.15, -0.1) is 11.3 Å². The fourth-order valence-electron chi connectivity index (χ4n) is 6.62. The van der Waals surface area contributed by atoms with Gasteiger partial charge in [-0.2, -0.15) is 0 Å². The molecule has 3 heterocycles. The van der Waals surface area contributed by atoms with E-state index < -0.39 is 0 Å². The summed E-state index contributed by atoms with van der Waals surface area (Å²) in [6.45, 7) is 0. The van der Waals surface area contributed by atoms with Crippen molar-refractivity contribution in [1.82, 2.24) is 19.9 Å². The number of rotatable bonds is 4. The molecular weight excluding hydrogens is 609 g/mol. The minimum atomic E-state index is 0.609. The van der Waals surface area contributed by atoms with Crippen LogP contribution in [0.2, 0.25) is 0 Å². The summed E-state index contributed by atoms with van der Waals surface area (Å²) in [5, 5.41) is 7.68. The maximum atomic E-state index is 6.35. The van der Waals surface area contributed by atoms with E-state index >= 15 is 0 Å². The average Bonchev–Trinajstić information content (AvgIpc) is 3.74. The maximum Gasteiger partial charge on any atom is 0.164 e. The van der Waals surface area contributed by atoms with Crippen LogP contribution < -0.4 is 0 Å². The highest BCUT2D eigenvalue weighted by atomic mass is 32.1. The highest BCUT2D eigenvalue weighted by molar-refractivity contribution is 7.21. The molecule has 6 heteroatoms. The van der Waals surface area contributed by atoms with E-state index in [4.69, 9.17) is 24.4 Å². The van der Waals surface area contributed by atoms with E-state index in [1.54, 1.807) is 11.3 Å². The van der Waals surface area contributed by atoms with Crippen molar-refractivity contribution in [3.05, 3.63) is 146 Å². The predicted octanol–water partition coefficient (Wildman–Crippen LogP) is 11.4. The van der Waals surface area contributed by atoms with Crippen LogP contribution >= 0.6 is 11.3 Å². The second-order valence-corrected chi connectivity index (χ2v) is 12.9. The molecule has 10 rings (SSSR count). The van der Waals surface area contributed by atoms with E-state index in [-0.39, 0.29) is 0 Å². The number of thiazole rings is 1. The smallest absolute Gasteiger partial charge is 0.164 e. The van der Waals surface area contributed by atoms with Gasteiger partial charge < -0.3 is 4.42 Å². The van der Waals surface area contributed by atoms with Crippen LogP contribution in [0.1, 0.15) is 0 Å². The maximum absolute atomic E-state index is 6.35. The van der Waals surface area contributed by atoms with Crippen LogP contribution in [0, 0.1) is 0 Å². The number of hydrogen-bond donors (Lipinski definition) is 0. The summed E-state index contributed by atoms with van der Waals surface area (Å²) in [6.07, 6.45) is 0. The van der Waals surface area contributed by atoms with Crippen molar-refractivity contribution in [3.8, 4) is 44.7 Å². The van der Waals surface area contributed by atoms with Crippen molar-refractivity contribution >= 4 is 65.0 Å². The Morgan fingerprint density at radius 3 is 1.88 bits per heavy atom. The minimum absolute atomic E-state index is 0.609. The van der Waals surface area contributed by atoms with Gasteiger partial charge in [-0.05, 0) is 51.9 Å². The Labute approximate surface area is 278 Å². The van der Waals surface area contributed by atoms with Crippen LogP contribution in [0.25, 0.3) is 98.4 Å². The Kier molecular flexibility index (Phi) is 5.98. The second-order valence-electron chi connectivity index (χ2n) is 11.9. The fraction of sp³-hybridized carbons (Fsp3) is 0. The highest BCUT2D eigenvalue weighted by Gasteiger charge is 2.18. The second kappa shape index (κ2) is 10.7. The molecule has 48 heavy (non-hydrogen) atoms. The van der Waals surface area contributed by atoms with E-state index in [1.807, 2.05) is 66.7 Å². The topological polar surface area (TPSA) is 64.7 Å². The summed E-state index contributed by atoms with van der Waals surface area (Å²) in [7, 11) is 0. The summed E-state index contributed by atoms with van der Waals surface area (Å²) >= 11 is 1.69. The Hall–Kier alpha value is -6.24. The summed E-state index contributed by atoms with van der Waals surface area (Å²) in [5.41, 5.74) is 6.47. The molecule has 0 aliphatic rings. The van der Waals surface area contributed by atoms with Crippen LogP contribution in [0.3, 0.4) is 0 Å². The lowest BCUT2D eigenvalue weighted by Gasteiger charge is -2.12. The van der Waals surface area contributed by atoms with Gasteiger partial charge in [0.1, 0.15) is 16.2 Å². The third-order valence-electron chi connectivity index (χ3n) is 8.93. The SMILES string of the molecule is c1ccc(-c2nc(-c3ccc4oc5cc6nc(-c7ccccc7)sc6cc5c4c3)nc(-c3cc4ccccc4c4ccccc34)n2)cc1. The fourth-order valence-corrected chi connectivity index (χ4v) is 7.61. The molecule has 224 valence electrons. The number of nitrogens with zero attached hydrogens (tertiary/aromatic N) is 4. The molecule has 10 aromatic rings. The normalized spacial score (nSPS) is 11.8. The van der Waals surface area contributed by atoms with Crippen LogP contribution in [0.5, 0.6) is 0 Å². The van der Waals surface area contributed by atoms with Crippen molar-refractivity contribution in [3.63, 3.8) is 0 Å². The van der Waals surface area contributed by atoms with E-state index in [9.17, 15) is 0 Å². The van der Waals surface area contributed by atoms with Gasteiger partial charge in [-0.3, -0.25) is 0 Å². The number of hydrogen-bond acceptors (Lipinski definition) is 6. The molecule has 0 amide bonds. The first kappa shape index (κ1) is 26.9. The van der Waals surface area contributed by atoms with Gasteiger partial charge in [-0.1, -0.05) is 109 Å². The third-order valence-corrected chi connectivity index (χ3v) is 10.0. The Balaban J connectivity index is 1.18. The molecular formula is C42H24N4OS. The van der Waals surface area contributed by atoms with Gasteiger partial charge in [0.15, 0.2) is 17.5 Å². The molecule has 0 N–H and O–H groups in total. The molecule has 0 radical (unpaired) electrons. The minimum Gasteiger partial charge on any atom is -0.456 e. The standard InChI is InChI=1S/C42H24N4OS/c1-3-11-25(12-4-1)39-44-40(46-41(45-39)34-21-27-15-7-8-16-29(27)30-17-9-10-18-31(30)34)28-19-20-36-32(22-28)33-23-38-35(24-37(33)47-36)43-42(48-38)26-13-5-2-6-14-26/h1-24H. The summed E-state index contributed by atoms with van der Waals surface area (Å²) in [6, 6.07) is 50.0. The number of fused-ring (bicyclic) bond motifs is 7. The molecule has 0 saturated heterocycles. The lowest BCUT2D eigenvalue weighted by molar-refractivity contribution is 0.669. The lowest BCUT2D eigenvalue weighted by atomic mass is 9.97. The molecule has 0 unspecified atom stereocenters. The quantitative estimate of drug-likeness (QED) is 0.181. The first-order valence-electron chi connectivity index (χ1n) is 15.8. The first-order valence-corrected chi connectivity index (χ1v) is 16.6. The van der Waals surface area contributed by atoms with Crippen LogP contribution in [-0.4, -0.2) is 19.9 Å². The lowest BCUT2D eigenvalue weighted by Crippen LogP contribution is -2.00. The molecule has 5 nitrogen and oxygen atoms in total. The van der Waals surface area contributed by atoms with Crippen molar-refractivity contribution < 1.29 is 4.42 Å². The molecule has 0 bridgehead atoms. The van der Waals surface area contributed by atoms with Gasteiger partial charge in [-0.25, -0.2) is 19.9 Å². The predicted molar refractivity (Wildman–Crippen MR) is 197 cm³/mol. The van der Waals surface area contributed by atoms with Crippen LogP contribution in [0.15, 0.2) is 150 Å². The molecule has 3 aromatic heterocycles. The molecule has 7 aromatic carbocycles. The van der Waals surface area contributed by atoms with Crippen LogP contribution in [-0.2, 0) is 0 Å². The molecule has 0 aliphatic carbocycles. The molecule has 0 aliphatic heterocycles. The van der Waals surface area contributed by atoms with E-state index in [0.29, 0.717) is 17.5 Å². The van der Waals surface area contributed by atoms with Gasteiger partial charge in [0.05, 0.1) is 10.2 Å². The monoisotopic (exact) mass is 632 g/mol. The molecule has 0 saturated carbocycles. The van der Waals surface area contributed by atoms with Crippen molar-refractivity contribution in [1.29, 1.82) is 0 Å². The number of aromatic nitrogens is 4. The third kappa shape index (κ3) is 4.38. The number of benzene rings is 7. The number of furan rings is 1. The Bertz CT molecular complexity index is 2840. The van der Waals surface area contributed by atoms with E-state index in [1.165, 1.54) is 10.8 Å². The van der Waals surface area contributed by atoms with Gasteiger partial charge in [0.2, 0.25) is 0 Å². The van der Waals surface area contributed by atoms with E-state index in [2.05, 4.69) is 78.9 Å². The van der Waals surface area contributed by atoms with Gasteiger partial charge >= 0.3 is 0 Å². The van der Waals surface area contributed by atoms with Crippen LogP contribution in [0.4, 0.5) is 0 Å². The largest absolute Gasteiger partial charge is 0.456 e.